The minimum absolute atomic E-state index is 0.242. The number of amides is 1. The van der Waals surface area contributed by atoms with Gasteiger partial charge in [0.25, 0.3) is 0 Å². The molecule has 106 valence electrons. The van der Waals surface area contributed by atoms with E-state index in [9.17, 15) is 9.18 Å². The molecule has 5 heteroatoms. The Balaban J connectivity index is 2.49. The van der Waals surface area contributed by atoms with E-state index in [0.29, 0.717) is 6.42 Å². The predicted molar refractivity (Wildman–Crippen MR) is 75.6 cm³/mol. The van der Waals surface area contributed by atoms with Crippen LogP contribution in [0.2, 0.25) is 0 Å². The molecule has 1 aromatic carbocycles. The number of carbonyl (C=O) groups is 1. The van der Waals surface area contributed by atoms with Crippen LogP contribution >= 0.6 is 0 Å². The summed E-state index contributed by atoms with van der Waals surface area (Å²) < 4.78 is 12.8. The third-order valence-corrected chi connectivity index (χ3v) is 3.53. The summed E-state index contributed by atoms with van der Waals surface area (Å²) in [6.45, 7) is 2.57. The summed E-state index contributed by atoms with van der Waals surface area (Å²) in [6, 6.07) is 6.35. The zero-order valence-electron chi connectivity index (χ0n) is 11.7. The topological polar surface area (TPSA) is 58.4 Å². The maximum atomic E-state index is 12.8. The van der Waals surface area contributed by atoms with Gasteiger partial charge < -0.3 is 16.0 Å². The number of rotatable bonds is 7. The highest BCUT2D eigenvalue weighted by Crippen LogP contribution is 2.16. The van der Waals surface area contributed by atoms with Crippen molar-refractivity contribution >= 4 is 11.6 Å². The highest BCUT2D eigenvalue weighted by molar-refractivity contribution is 5.84. The largest absolute Gasteiger partial charge is 0.375 e. The molecule has 0 radical (unpaired) electrons. The number of anilines is 1. The second-order valence-electron chi connectivity index (χ2n) is 4.95. The Morgan fingerprint density at radius 1 is 1.42 bits per heavy atom. The van der Waals surface area contributed by atoms with Crippen molar-refractivity contribution in [3.63, 3.8) is 0 Å². The van der Waals surface area contributed by atoms with E-state index in [4.69, 9.17) is 5.73 Å². The second kappa shape index (κ2) is 6.52. The molecule has 0 aliphatic heterocycles. The van der Waals surface area contributed by atoms with Crippen LogP contribution in [0.5, 0.6) is 0 Å². The molecule has 0 saturated carbocycles. The van der Waals surface area contributed by atoms with Crippen molar-refractivity contribution in [2.24, 2.45) is 5.73 Å². The summed E-state index contributed by atoms with van der Waals surface area (Å²) in [5.74, 6) is -0.590. The van der Waals surface area contributed by atoms with Gasteiger partial charge in [0.15, 0.2) is 0 Å². The minimum atomic E-state index is -0.677. The molecule has 0 bridgehead atoms. The number of hydrogen-bond acceptors (Lipinski definition) is 3. The highest BCUT2D eigenvalue weighted by Gasteiger charge is 2.28. The summed E-state index contributed by atoms with van der Waals surface area (Å²) in [4.78, 5) is 13.4. The quantitative estimate of drug-likeness (QED) is 0.787. The molecule has 0 fully saturated rings. The molecule has 1 aromatic rings. The average molecular weight is 267 g/mol. The van der Waals surface area contributed by atoms with Crippen molar-refractivity contribution in [3.05, 3.63) is 30.1 Å². The van der Waals surface area contributed by atoms with Crippen LogP contribution in [0.15, 0.2) is 24.3 Å². The Morgan fingerprint density at radius 3 is 2.47 bits per heavy atom. The van der Waals surface area contributed by atoms with Gasteiger partial charge in [0.05, 0.1) is 5.54 Å². The first-order chi connectivity index (χ1) is 8.89. The number of nitrogens with two attached hydrogens (primary N) is 1. The normalized spacial score (nSPS) is 13.9. The first kappa shape index (κ1) is 15.4. The summed E-state index contributed by atoms with van der Waals surface area (Å²) in [5, 5.41) is 2.96. The van der Waals surface area contributed by atoms with Gasteiger partial charge in [-0.3, -0.25) is 4.79 Å². The fraction of sp³-hybridized carbons (Fsp3) is 0.500. The summed E-state index contributed by atoms with van der Waals surface area (Å²) in [6.07, 6.45) is 1.47. The van der Waals surface area contributed by atoms with Gasteiger partial charge in [-0.25, -0.2) is 4.39 Å². The van der Waals surface area contributed by atoms with E-state index in [1.165, 1.54) is 12.1 Å². The number of primary amides is 1. The summed E-state index contributed by atoms with van der Waals surface area (Å²) in [5.41, 5.74) is 5.64. The number of hydrogen-bond donors (Lipinski definition) is 2. The van der Waals surface area contributed by atoms with E-state index >= 15 is 0 Å². The van der Waals surface area contributed by atoms with Crippen LogP contribution in [-0.2, 0) is 4.79 Å². The third kappa shape index (κ3) is 4.21. The summed E-state index contributed by atoms with van der Waals surface area (Å²) in [7, 11) is 3.67. The van der Waals surface area contributed by atoms with Gasteiger partial charge in [0.2, 0.25) is 5.91 Å². The van der Waals surface area contributed by atoms with Crippen LogP contribution in [0, 0.1) is 5.82 Å². The number of halogens is 1. The molecule has 0 aromatic heterocycles. The summed E-state index contributed by atoms with van der Waals surface area (Å²) >= 11 is 0. The minimum Gasteiger partial charge on any atom is -0.375 e. The van der Waals surface area contributed by atoms with E-state index in [1.807, 2.05) is 11.9 Å². The molecule has 1 amide bonds. The monoisotopic (exact) mass is 267 g/mol. The molecule has 1 atom stereocenters. The van der Waals surface area contributed by atoms with Crippen molar-refractivity contribution in [2.75, 3.05) is 25.5 Å². The van der Waals surface area contributed by atoms with Gasteiger partial charge in [0, 0.05) is 19.3 Å². The van der Waals surface area contributed by atoms with Crippen LogP contribution in [0.4, 0.5) is 10.1 Å². The number of nitrogens with one attached hydrogen (secondary N) is 1. The van der Waals surface area contributed by atoms with Crippen LogP contribution in [-0.4, -0.2) is 32.1 Å². The Hall–Kier alpha value is -1.62. The van der Waals surface area contributed by atoms with Crippen LogP contribution in [0.1, 0.15) is 19.8 Å². The van der Waals surface area contributed by atoms with Gasteiger partial charge in [-0.15, -0.1) is 0 Å². The van der Waals surface area contributed by atoms with Gasteiger partial charge in [-0.1, -0.05) is 0 Å². The van der Waals surface area contributed by atoms with E-state index < -0.39 is 5.54 Å². The molecule has 0 heterocycles. The average Bonchev–Trinajstić information content (AvgIpc) is 2.38. The molecule has 1 rings (SSSR count). The van der Waals surface area contributed by atoms with Crippen molar-refractivity contribution < 1.29 is 9.18 Å². The number of carbonyl (C=O) groups excluding carboxylic acids is 1. The van der Waals surface area contributed by atoms with Crippen molar-refractivity contribution in [2.45, 2.75) is 25.3 Å². The smallest absolute Gasteiger partial charge is 0.237 e. The first-order valence-electron chi connectivity index (χ1n) is 6.34. The Kier molecular flexibility index (Phi) is 5.30. The van der Waals surface area contributed by atoms with Crippen LogP contribution in [0.3, 0.4) is 0 Å². The van der Waals surface area contributed by atoms with E-state index in [2.05, 4.69) is 5.32 Å². The van der Waals surface area contributed by atoms with Crippen molar-refractivity contribution in [3.8, 4) is 0 Å². The highest BCUT2D eigenvalue weighted by atomic mass is 19.1. The van der Waals surface area contributed by atoms with Gasteiger partial charge >= 0.3 is 0 Å². The third-order valence-electron chi connectivity index (χ3n) is 3.53. The Bertz CT molecular complexity index is 421. The van der Waals surface area contributed by atoms with Crippen molar-refractivity contribution in [1.29, 1.82) is 0 Å². The standard InChI is InChI=1S/C14H22FN3O/c1-14(17-2,13(16)19)9-4-10-18(3)12-7-5-11(15)6-8-12/h5-8,17H,4,9-10H2,1-3H3,(H2,16,19). The lowest BCUT2D eigenvalue weighted by Crippen LogP contribution is -2.51. The lowest BCUT2D eigenvalue weighted by molar-refractivity contribution is -0.123. The number of nitrogens with zero attached hydrogens (tertiary/aromatic N) is 1. The Labute approximate surface area is 113 Å². The Morgan fingerprint density at radius 2 is 2.00 bits per heavy atom. The maximum absolute atomic E-state index is 12.8. The molecule has 0 aliphatic carbocycles. The van der Waals surface area contributed by atoms with Gasteiger partial charge in [-0.2, -0.15) is 0 Å². The lowest BCUT2D eigenvalue weighted by Gasteiger charge is -2.27. The van der Waals surface area contributed by atoms with Crippen LogP contribution in [0.25, 0.3) is 0 Å². The molecule has 19 heavy (non-hydrogen) atoms. The fourth-order valence-corrected chi connectivity index (χ4v) is 1.87. The molecular weight excluding hydrogens is 245 g/mol. The van der Waals surface area contributed by atoms with Gasteiger partial charge in [-0.05, 0) is 51.1 Å². The molecule has 0 spiro atoms. The molecule has 3 N–H and O–H groups in total. The molecule has 0 aliphatic rings. The van der Waals surface area contributed by atoms with Gasteiger partial charge in [0.1, 0.15) is 5.82 Å². The molecule has 4 nitrogen and oxygen atoms in total. The predicted octanol–water partition coefficient (Wildman–Crippen LogP) is 1.51. The fourth-order valence-electron chi connectivity index (χ4n) is 1.87. The molecular formula is C14H22FN3O. The first-order valence-corrected chi connectivity index (χ1v) is 6.34. The molecule has 0 saturated heterocycles. The zero-order valence-corrected chi connectivity index (χ0v) is 11.7. The second-order valence-corrected chi connectivity index (χ2v) is 4.95. The van der Waals surface area contributed by atoms with Crippen molar-refractivity contribution in [1.82, 2.24) is 5.32 Å². The number of likely N-dealkylation sites (N-methyl/N-ethyl adjacent to an activating group) is 1. The SMILES string of the molecule is CNC(C)(CCCN(C)c1ccc(F)cc1)C(N)=O. The molecule has 1 unspecified atom stereocenters. The van der Waals surface area contributed by atoms with Crippen LogP contribution < -0.4 is 16.0 Å². The van der Waals surface area contributed by atoms with E-state index in [1.54, 1.807) is 26.1 Å². The lowest BCUT2D eigenvalue weighted by atomic mass is 9.95. The zero-order chi connectivity index (χ0) is 14.5. The van der Waals surface area contributed by atoms with E-state index in [-0.39, 0.29) is 11.7 Å². The number of benzene rings is 1. The van der Waals surface area contributed by atoms with E-state index in [0.717, 1.165) is 18.7 Å². The maximum Gasteiger partial charge on any atom is 0.237 e.